The van der Waals surface area contributed by atoms with Gasteiger partial charge < -0.3 is 9.26 Å². The first-order valence-electron chi connectivity index (χ1n) is 7.24. The number of aromatic nitrogens is 3. The lowest BCUT2D eigenvalue weighted by atomic mass is 10.1. The van der Waals surface area contributed by atoms with E-state index in [-0.39, 0.29) is 11.9 Å². The van der Waals surface area contributed by atoms with Crippen LogP contribution in [0.25, 0.3) is 22.4 Å². The van der Waals surface area contributed by atoms with E-state index in [1.165, 1.54) is 6.07 Å². The number of pyridine rings is 1. The molecule has 4 rings (SSSR count). The van der Waals surface area contributed by atoms with Crippen molar-refractivity contribution in [1.29, 1.82) is 0 Å². The van der Waals surface area contributed by atoms with Gasteiger partial charge in [0.1, 0.15) is 17.4 Å². The average Bonchev–Trinajstić information content (AvgIpc) is 3.18. The van der Waals surface area contributed by atoms with Gasteiger partial charge in [0.05, 0.1) is 11.3 Å². The van der Waals surface area contributed by atoms with Gasteiger partial charge in [-0.3, -0.25) is 0 Å². The van der Waals surface area contributed by atoms with Crippen molar-refractivity contribution in [2.45, 2.75) is 25.9 Å². The largest absolute Gasteiger partial charge is 0.370 e. The Morgan fingerprint density at radius 2 is 2.18 bits per heavy atom. The zero-order chi connectivity index (χ0) is 15.1. The molecule has 6 heteroatoms. The van der Waals surface area contributed by atoms with Crippen molar-refractivity contribution in [1.82, 2.24) is 15.1 Å². The van der Waals surface area contributed by atoms with Crippen LogP contribution in [0.1, 0.15) is 30.5 Å². The highest BCUT2D eigenvalue weighted by Crippen LogP contribution is 2.30. The third-order valence-corrected chi connectivity index (χ3v) is 3.88. The van der Waals surface area contributed by atoms with Gasteiger partial charge in [0, 0.05) is 12.0 Å². The van der Waals surface area contributed by atoms with Crippen molar-refractivity contribution in [2.75, 3.05) is 6.61 Å². The van der Waals surface area contributed by atoms with Crippen molar-refractivity contribution < 1.29 is 13.7 Å². The van der Waals surface area contributed by atoms with Gasteiger partial charge in [0.25, 0.3) is 5.89 Å². The van der Waals surface area contributed by atoms with Gasteiger partial charge in [0.2, 0.25) is 5.82 Å². The Kier molecular flexibility index (Phi) is 3.11. The maximum Gasteiger partial charge on any atom is 0.259 e. The second-order valence-electron chi connectivity index (χ2n) is 5.39. The van der Waals surface area contributed by atoms with Crippen LogP contribution in [-0.2, 0) is 4.74 Å². The van der Waals surface area contributed by atoms with Crippen molar-refractivity contribution in [3.05, 3.63) is 41.6 Å². The van der Waals surface area contributed by atoms with Crippen molar-refractivity contribution in [3.8, 4) is 11.5 Å². The van der Waals surface area contributed by atoms with E-state index in [2.05, 4.69) is 15.1 Å². The molecule has 1 fully saturated rings. The molecule has 1 saturated heterocycles. The third kappa shape index (κ3) is 2.16. The van der Waals surface area contributed by atoms with Gasteiger partial charge in [-0.25, -0.2) is 9.37 Å². The van der Waals surface area contributed by atoms with E-state index in [9.17, 15) is 4.39 Å². The fraction of sp³-hybridized carbons (Fsp3) is 0.312. The highest BCUT2D eigenvalue weighted by molar-refractivity contribution is 5.83. The molecule has 0 bridgehead atoms. The highest BCUT2D eigenvalue weighted by Gasteiger charge is 2.24. The van der Waals surface area contributed by atoms with E-state index in [1.807, 2.05) is 12.1 Å². The van der Waals surface area contributed by atoms with Gasteiger partial charge in [0.15, 0.2) is 0 Å². The van der Waals surface area contributed by atoms with Crippen LogP contribution in [0.5, 0.6) is 0 Å². The summed E-state index contributed by atoms with van der Waals surface area (Å²) in [5.74, 6) is 0.616. The molecule has 3 heterocycles. The van der Waals surface area contributed by atoms with Crippen LogP contribution < -0.4 is 0 Å². The maximum atomic E-state index is 13.8. The molecule has 1 unspecified atom stereocenters. The first-order chi connectivity index (χ1) is 10.7. The molecule has 22 heavy (non-hydrogen) atoms. The summed E-state index contributed by atoms with van der Waals surface area (Å²) in [6.45, 7) is 2.53. The number of ether oxygens (including phenoxy) is 1. The van der Waals surface area contributed by atoms with Gasteiger partial charge >= 0.3 is 0 Å². The number of hydrogen-bond acceptors (Lipinski definition) is 5. The lowest BCUT2D eigenvalue weighted by molar-refractivity contribution is 0.103. The van der Waals surface area contributed by atoms with Crippen LogP contribution in [0.2, 0.25) is 0 Å². The zero-order valence-electron chi connectivity index (χ0n) is 12.0. The molecular weight excluding hydrogens is 285 g/mol. The fourth-order valence-electron chi connectivity index (χ4n) is 2.73. The molecule has 2 aromatic heterocycles. The zero-order valence-corrected chi connectivity index (χ0v) is 12.0. The Morgan fingerprint density at radius 1 is 1.27 bits per heavy atom. The molecule has 0 N–H and O–H groups in total. The van der Waals surface area contributed by atoms with Crippen molar-refractivity contribution in [3.63, 3.8) is 0 Å². The number of rotatable bonds is 2. The summed E-state index contributed by atoms with van der Waals surface area (Å²) in [5, 5.41) is 4.71. The molecule has 1 aliphatic rings. The summed E-state index contributed by atoms with van der Waals surface area (Å²) in [6.07, 6.45) is 1.81. The number of aryl methyl sites for hydroxylation is 1. The molecule has 1 aromatic carbocycles. The van der Waals surface area contributed by atoms with Crippen LogP contribution in [0.3, 0.4) is 0 Å². The van der Waals surface area contributed by atoms with Crippen molar-refractivity contribution >= 4 is 10.9 Å². The Balaban J connectivity index is 1.78. The highest BCUT2D eigenvalue weighted by atomic mass is 19.1. The minimum atomic E-state index is -0.335. The van der Waals surface area contributed by atoms with Gasteiger partial charge in [-0.05, 0) is 31.9 Å². The molecule has 1 aliphatic heterocycles. The van der Waals surface area contributed by atoms with E-state index < -0.39 is 0 Å². The Labute approximate surface area is 126 Å². The molecule has 112 valence electrons. The average molecular weight is 299 g/mol. The fourth-order valence-corrected chi connectivity index (χ4v) is 2.73. The smallest absolute Gasteiger partial charge is 0.259 e. The number of hydrogen-bond donors (Lipinski definition) is 0. The molecule has 0 radical (unpaired) electrons. The van der Waals surface area contributed by atoms with Crippen LogP contribution in [0.15, 0.2) is 28.8 Å². The van der Waals surface area contributed by atoms with E-state index >= 15 is 0 Å². The quantitative estimate of drug-likeness (QED) is 0.723. The van der Waals surface area contributed by atoms with Crippen LogP contribution in [0, 0.1) is 12.7 Å². The molecule has 0 saturated carbocycles. The monoisotopic (exact) mass is 299 g/mol. The van der Waals surface area contributed by atoms with E-state index in [0.29, 0.717) is 28.3 Å². The second-order valence-corrected chi connectivity index (χ2v) is 5.39. The Hall–Kier alpha value is -2.34. The minimum Gasteiger partial charge on any atom is -0.370 e. The molecule has 0 amide bonds. The van der Waals surface area contributed by atoms with Crippen molar-refractivity contribution in [2.24, 2.45) is 0 Å². The summed E-state index contributed by atoms with van der Waals surface area (Å²) >= 11 is 0. The molecular formula is C16H14FN3O2. The van der Waals surface area contributed by atoms with Gasteiger partial charge in [-0.15, -0.1) is 0 Å². The molecule has 3 aromatic rings. The second kappa shape index (κ2) is 5.14. The SMILES string of the molecule is Cc1nc2c(F)cccc2cc1-c1nc(C2CCCO2)no1. The van der Waals surface area contributed by atoms with Gasteiger partial charge in [-0.2, -0.15) is 4.98 Å². The lowest BCUT2D eigenvalue weighted by Crippen LogP contribution is -1.98. The molecule has 0 aliphatic carbocycles. The van der Waals surface area contributed by atoms with E-state index in [4.69, 9.17) is 9.26 Å². The number of benzene rings is 1. The van der Waals surface area contributed by atoms with E-state index in [0.717, 1.165) is 25.0 Å². The predicted octanol–water partition coefficient (Wildman–Crippen LogP) is 3.58. The predicted molar refractivity (Wildman–Crippen MR) is 77.7 cm³/mol. The minimum absolute atomic E-state index is 0.0938. The summed E-state index contributed by atoms with van der Waals surface area (Å²) in [6, 6.07) is 6.69. The number of nitrogens with zero attached hydrogens (tertiary/aromatic N) is 3. The summed E-state index contributed by atoms with van der Waals surface area (Å²) in [4.78, 5) is 8.74. The third-order valence-electron chi connectivity index (χ3n) is 3.88. The summed E-state index contributed by atoms with van der Waals surface area (Å²) in [5.41, 5.74) is 1.72. The summed E-state index contributed by atoms with van der Waals surface area (Å²) in [7, 11) is 0. The molecule has 1 atom stereocenters. The Bertz CT molecular complexity index is 841. The van der Waals surface area contributed by atoms with Gasteiger partial charge in [-0.1, -0.05) is 17.3 Å². The van der Waals surface area contributed by atoms with Crippen LogP contribution >= 0.6 is 0 Å². The standard InChI is InChI=1S/C16H14FN3O2/c1-9-11(8-10-4-2-5-12(17)14(10)18-9)16-19-15(20-22-16)13-6-3-7-21-13/h2,4-5,8,13H,3,6-7H2,1H3. The van der Waals surface area contributed by atoms with Crippen LogP contribution in [-0.4, -0.2) is 21.7 Å². The topological polar surface area (TPSA) is 61.0 Å². The molecule has 5 nitrogen and oxygen atoms in total. The van der Waals surface area contributed by atoms with E-state index in [1.54, 1.807) is 13.0 Å². The lowest BCUT2D eigenvalue weighted by Gasteiger charge is -2.04. The first-order valence-corrected chi connectivity index (χ1v) is 7.24. The van der Waals surface area contributed by atoms with Crippen LogP contribution in [0.4, 0.5) is 4.39 Å². The number of fused-ring (bicyclic) bond motifs is 1. The maximum absolute atomic E-state index is 13.8. The Morgan fingerprint density at radius 3 is 3.00 bits per heavy atom. The normalized spacial score (nSPS) is 18.2. The first kappa shape index (κ1) is 13.3. The summed E-state index contributed by atoms with van der Waals surface area (Å²) < 4.78 is 24.7. The molecule has 0 spiro atoms. The number of halogens is 1. The number of para-hydroxylation sites is 1.